The first kappa shape index (κ1) is 13.5. The molecule has 5 heteroatoms. The van der Waals surface area contributed by atoms with E-state index in [2.05, 4.69) is 32.8 Å². The van der Waals surface area contributed by atoms with Crippen molar-refractivity contribution >= 4 is 27.3 Å². The largest absolute Gasteiger partial charge is 0.435 e. The number of rotatable bonds is 4. The van der Waals surface area contributed by atoms with E-state index in [4.69, 9.17) is 0 Å². The average molecular weight is 333 g/mol. The van der Waals surface area contributed by atoms with Crippen LogP contribution in [0.25, 0.3) is 0 Å². The summed E-state index contributed by atoms with van der Waals surface area (Å²) >= 11 is 5.31. The molecule has 2 rings (SSSR count). The Bertz CT molecular complexity index is 510. The van der Waals surface area contributed by atoms with Gasteiger partial charge in [-0.05, 0) is 36.8 Å². The van der Waals surface area contributed by atoms with E-state index in [0.717, 1.165) is 5.56 Å². The van der Waals surface area contributed by atoms with Gasteiger partial charge in [0.05, 0.1) is 4.83 Å². The number of halogens is 3. The van der Waals surface area contributed by atoms with E-state index >= 15 is 0 Å². The van der Waals surface area contributed by atoms with Gasteiger partial charge in [0, 0.05) is 9.75 Å². The lowest BCUT2D eigenvalue weighted by Crippen LogP contribution is -2.01. The second-order valence-corrected chi connectivity index (χ2v) is 5.99. The Balaban J connectivity index is 2.14. The van der Waals surface area contributed by atoms with Crippen LogP contribution in [0.1, 0.15) is 20.1 Å². The van der Waals surface area contributed by atoms with E-state index in [0.29, 0.717) is 0 Å². The van der Waals surface area contributed by atoms with Gasteiger partial charge in [-0.1, -0.05) is 28.1 Å². The predicted molar refractivity (Wildman–Crippen MR) is 72.9 cm³/mol. The predicted octanol–water partition coefficient (Wildman–Crippen LogP) is 5.14. The molecule has 0 fully saturated rings. The maximum Gasteiger partial charge on any atom is 0.387 e. The van der Waals surface area contributed by atoms with E-state index < -0.39 is 6.61 Å². The molecule has 0 N–H and O–H groups in total. The van der Waals surface area contributed by atoms with Gasteiger partial charge >= 0.3 is 6.61 Å². The fraction of sp³-hybridized carbons (Fsp3) is 0.231. The van der Waals surface area contributed by atoms with Crippen LogP contribution in [0.2, 0.25) is 0 Å². The van der Waals surface area contributed by atoms with Crippen molar-refractivity contribution in [3.05, 3.63) is 51.7 Å². The van der Waals surface area contributed by atoms with Crippen LogP contribution in [0.15, 0.2) is 36.4 Å². The molecule has 1 nitrogen and oxygen atoms in total. The highest BCUT2D eigenvalue weighted by molar-refractivity contribution is 9.09. The third-order valence-electron chi connectivity index (χ3n) is 2.41. The van der Waals surface area contributed by atoms with Gasteiger partial charge in [-0.15, -0.1) is 11.3 Å². The zero-order valence-corrected chi connectivity index (χ0v) is 12.0. The first-order valence-electron chi connectivity index (χ1n) is 5.31. The highest BCUT2D eigenvalue weighted by atomic mass is 79.9. The Hall–Kier alpha value is -0.940. The van der Waals surface area contributed by atoms with Crippen molar-refractivity contribution in [3.8, 4) is 5.75 Å². The summed E-state index contributed by atoms with van der Waals surface area (Å²) in [6.07, 6.45) is 0. The molecule has 0 spiro atoms. The fourth-order valence-electron chi connectivity index (χ4n) is 1.57. The normalized spacial score (nSPS) is 12.7. The second kappa shape index (κ2) is 5.80. The van der Waals surface area contributed by atoms with Gasteiger partial charge < -0.3 is 4.74 Å². The minimum Gasteiger partial charge on any atom is -0.435 e. The molecular formula is C13H11BrF2OS. The maximum atomic E-state index is 12.0. The minimum absolute atomic E-state index is 0.0804. The standard InChI is InChI=1S/C13H11BrF2OS/c1-8-2-7-11(18-8)12(14)9-3-5-10(6-4-9)17-13(15)16/h2-7,12-13H,1H3. The van der Waals surface area contributed by atoms with Gasteiger partial charge in [0.15, 0.2) is 0 Å². The van der Waals surface area contributed by atoms with Crippen molar-refractivity contribution in [1.29, 1.82) is 0 Å². The van der Waals surface area contributed by atoms with E-state index in [-0.39, 0.29) is 10.6 Å². The molecule has 0 saturated carbocycles. The second-order valence-electron chi connectivity index (χ2n) is 3.76. The van der Waals surface area contributed by atoms with Crippen LogP contribution in [-0.4, -0.2) is 6.61 Å². The van der Waals surface area contributed by atoms with Crippen molar-refractivity contribution in [3.63, 3.8) is 0 Å². The molecule has 18 heavy (non-hydrogen) atoms. The third-order valence-corrected chi connectivity index (χ3v) is 4.80. The molecule has 0 saturated heterocycles. The van der Waals surface area contributed by atoms with Gasteiger partial charge in [0.1, 0.15) is 5.75 Å². The van der Waals surface area contributed by atoms with Crippen LogP contribution in [-0.2, 0) is 0 Å². The first-order valence-corrected chi connectivity index (χ1v) is 7.04. The smallest absolute Gasteiger partial charge is 0.387 e. The van der Waals surface area contributed by atoms with Gasteiger partial charge in [-0.2, -0.15) is 8.78 Å². The zero-order valence-electron chi connectivity index (χ0n) is 9.57. The van der Waals surface area contributed by atoms with E-state index in [1.165, 1.54) is 9.75 Å². The topological polar surface area (TPSA) is 9.23 Å². The average Bonchev–Trinajstić information content (AvgIpc) is 2.75. The first-order chi connectivity index (χ1) is 8.56. The van der Waals surface area contributed by atoms with Crippen LogP contribution in [0.3, 0.4) is 0 Å². The van der Waals surface area contributed by atoms with Crippen molar-refractivity contribution in [2.24, 2.45) is 0 Å². The summed E-state index contributed by atoms with van der Waals surface area (Å²) < 4.78 is 28.3. The van der Waals surface area contributed by atoms with E-state index in [1.807, 2.05) is 6.92 Å². The van der Waals surface area contributed by atoms with Crippen molar-refractivity contribution in [1.82, 2.24) is 0 Å². The highest BCUT2D eigenvalue weighted by Crippen LogP contribution is 2.35. The molecule has 96 valence electrons. The lowest BCUT2D eigenvalue weighted by molar-refractivity contribution is -0.0498. The Morgan fingerprint density at radius 3 is 2.28 bits per heavy atom. The lowest BCUT2D eigenvalue weighted by atomic mass is 10.1. The monoisotopic (exact) mass is 332 g/mol. The van der Waals surface area contributed by atoms with Gasteiger partial charge in [-0.25, -0.2) is 0 Å². The summed E-state index contributed by atoms with van der Waals surface area (Å²) in [5, 5.41) is 0. The molecule has 1 aromatic carbocycles. The summed E-state index contributed by atoms with van der Waals surface area (Å²) in [5.41, 5.74) is 1.01. The number of thiophene rings is 1. The number of alkyl halides is 3. The summed E-state index contributed by atoms with van der Waals surface area (Å²) in [7, 11) is 0. The molecule has 0 aliphatic heterocycles. The molecular weight excluding hydrogens is 322 g/mol. The Kier molecular flexibility index (Phi) is 4.35. The van der Waals surface area contributed by atoms with Crippen molar-refractivity contribution in [2.45, 2.75) is 18.4 Å². The summed E-state index contributed by atoms with van der Waals surface area (Å²) in [6, 6.07) is 10.8. The highest BCUT2D eigenvalue weighted by Gasteiger charge is 2.12. The third kappa shape index (κ3) is 3.29. The molecule has 0 amide bonds. The Morgan fingerprint density at radius 2 is 1.78 bits per heavy atom. The number of hydrogen-bond donors (Lipinski definition) is 0. The number of ether oxygens (including phenoxy) is 1. The molecule has 0 aliphatic carbocycles. The summed E-state index contributed by atoms with van der Waals surface area (Å²) in [5.74, 6) is 0.177. The van der Waals surface area contributed by atoms with Crippen LogP contribution in [0.5, 0.6) is 5.75 Å². The SMILES string of the molecule is Cc1ccc(C(Br)c2ccc(OC(F)F)cc2)s1. The summed E-state index contributed by atoms with van der Waals surface area (Å²) in [4.78, 5) is 2.51. The molecule has 1 aromatic heterocycles. The number of hydrogen-bond acceptors (Lipinski definition) is 2. The van der Waals surface area contributed by atoms with Crippen molar-refractivity contribution in [2.75, 3.05) is 0 Å². The Morgan fingerprint density at radius 1 is 1.11 bits per heavy atom. The van der Waals surface area contributed by atoms with Gasteiger partial charge in [-0.3, -0.25) is 0 Å². The summed E-state index contributed by atoms with van der Waals surface area (Å²) in [6.45, 7) is -0.733. The molecule has 1 unspecified atom stereocenters. The van der Waals surface area contributed by atoms with Crippen LogP contribution in [0.4, 0.5) is 8.78 Å². The molecule has 0 aliphatic rings. The van der Waals surface area contributed by atoms with Crippen LogP contribution in [0, 0.1) is 6.92 Å². The van der Waals surface area contributed by atoms with Gasteiger partial charge in [0.25, 0.3) is 0 Å². The fourth-order valence-corrected chi connectivity index (χ4v) is 3.19. The number of benzene rings is 1. The molecule has 2 aromatic rings. The van der Waals surface area contributed by atoms with E-state index in [1.54, 1.807) is 35.6 Å². The van der Waals surface area contributed by atoms with Crippen molar-refractivity contribution < 1.29 is 13.5 Å². The van der Waals surface area contributed by atoms with Crippen LogP contribution >= 0.6 is 27.3 Å². The quantitative estimate of drug-likeness (QED) is 0.704. The molecule has 0 radical (unpaired) electrons. The van der Waals surface area contributed by atoms with Crippen LogP contribution < -0.4 is 4.74 Å². The minimum atomic E-state index is -2.78. The van der Waals surface area contributed by atoms with Gasteiger partial charge in [0.2, 0.25) is 0 Å². The van der Waals surface area contributed by atoms with E-state index in [9.17, 15) is 8.78 Å². The molecule has 0 bridgehead atoms. The lowest BCUT2D eigenvalue weighted by Gasteiger charge is -2.09. The Labute approximate surface area is 117 Å². The number of aryl methyl sites for hydroxylation is 1. The zero-order chi connectivity index (χ0) is 13.1. The molecule has 1 atom stereocenters. The molecule has 1 heterocycles. The maximum absolute atomic E-state index is 12.0.